The lowest BCUT2D eigenvalue weighted by Gasteiger charge is -2.32. The fraction of sp³-hybridized carbons (Fsp3) is 0.333. The van der Waals surface area contributed by atoms with Crippen LogP contribution in [-0.4, -0.2) is 41.4 Å². The molecule has 0 radical (unpaired) electrons. The first-order valence-electron chi connectivity index (χ1n) is 7.91. The second-order valence-corrected chi connectivity index (χ2v) is 5.64. The molecular formula is C18H20N2O4. The van der Waals surface area contributed by atoms with E-state index in [9.17, 15) is 4.79 Å². The highest BCUT2D eigenvalue weighted by molar-refractivity contribution is 5.94. The lowest BCUT2D eigenvalue weighted by atomic mass is 10.1. The van der Waals surface area contributed by atoms with E-state index in [1.807, 2.05) is 24.3 Å². The van der Waals surface area contributed by atoms with Crippen molar-refractivity contribution < 1.29 is 19.4 Å². The van der Waals surface area contributed by atoms with Crippen LogP contribution in [0.5, 0.6) is 5.75 Å². The van der Waals surface area contributed by atoms with Crippen molar-refractivity contribution in [3.8, 4) is 5.75 Å². The maximum atomic E-state index is 12.3. The number of aromatic nitrogens is 1. The number of benzene rings is 1. The van der Waals surface area contributed by atoms with Crippen molar-refractivity contribution in [2.24, 2.45) is 0 Å². The first kappa shape index (κ1) is 16.4. The molecule has 1 aromatic heterocycles. The molecule has 2 aromatic rings. The summed E-state index contributed by atoms with van der Waals surface area (Å²) in [6.45, 7) is 1.01. The van der Waals surface area contributed by atoms with Crippen molar-refractivity contribution >= 4 is 5.91 Å². The van der Waals surface area contributed by atoms with Crippen LogP contribution >= 0.6 is 0 Å². The second kappa shape index (κ2) is 7.90. The minimum absolute atomic E-state index is 0.00254. The van der Waals surface area contributed by atoms with E-state index in [0.29, 0.717) is 30.9 Å². The number of ether oxygens (including phenoxy) is 2. The lowest BCUT2D eigenvalue weighted by molar-refractivity contribution is -0.0135. The van der Waals surface area contributed by atoms with Gasteiger partial charge in [-0.3, -0.25) is 9.78 Å². The van der Waals surface area contributed by atoms with Gasteiger partial charge in [-0.2, -0.15) is 0 Å². The maximum absolute atomic E-state index is 12.3. The Hall–Kier alpha value is -2.44. The van der Waals surface area contributed by atoms with E-state index in [4.69, 9.17) is 14.6 Å². The molecule has 2 atom stereocenters. The van der Waals surface area contributed by atoms with E-state index < -0.39 is 0 Å². The molecule has 6 nitrogen and oxygen atoms in total. The monoisotopic (exact) mass is 328 g/mol. The van der Waals surface area contributed by atoms with Crippen molar-refractivity contribution in [1.29, 1.82) is 0 Å². The zero-order valence-electron chi connectivity index (χ0n) is 13.2. The zero-order valence-corrected chi connectivity index (χ0v) is 13.2. The summed E-state index contributed by atoms with van der Waals surface area (Å²) < 4.78 is 11.5. The van der Waals surface area contributed by atoms with Crippen molar-refractivity contribution in [2.75, 3.05) is 13.2 Å². The van der Waals surface area contributed by atoms with E-state index >= 15 is 0 Å². The Kier molecular flexibility index (Phi) is 5.40. The highest BCUT2D eigenvalue weighted by atomic mass is 16.5. The minimum Gasteiger partial charge on any atom is -0.486 e. The average molecular weight is 328 g/mol. The number of pyridine rings is 1. The van der Waals surface area contributed by atoms with Crippen LogP contribution in [0.15, 0.2) is 48.8 Å². The van der Waals surface area contributed by atoms with E-state index in [1.54, 1.807) is 24.5 Å². The van der Waals surface area contributed by atoms with Crippen LogP contribution in [0.3, 0.4) is 0 Å². The Bertz CT molecular complexity index is 660. The highest BCUT2D eigenvalue weighted by Crippen LogP contribution is 2.19. The minimum atomic E-state index is -0.260. The number of carbonyl (C=O) groups excluding carboxylic acids is 1. The van der Waals surface area contributed by atoms with Crippen LogP contribution in [-0.2, 0) is 11.3 Å². The second-order valence-electron chi connectivity index (χ2n) is 5.64. The van der Waals surface area contributed by atoms with Gasteiger partial charge >= 0.3 is 0 Å². The number of hydrogen-bond donors (Lipinski definition) is 2. The third-order valence-corrected chi connectivity index (χ3v) is 3.96. The molecule has 2 N–H and O–H groups in total. The summed E-state index contributed by atoms with van der Waals surface area (Å²) in [5.74, 6) is 0.541. The summed E-state index contributed by atoms with van der Waals surface area (Å²) in [4.78, 5) is 16.2. The summed E-state index contributed by atoms with van der Waals surface area (Å²) in [7, 11) is 0. The molecule has 1 aliphatic rings. The van der Waals surface area contributed by atoms with Gasteiger partial charge in [0, 0.05) is 24.6 Å². The molecule has 0 spiro atoms. The summed E-state index contributed by atoms with van der Waals surface area (Å²) in [6.07, 6.45) is 3.62. The number of aliphatic hydroxyl groups excluding tert-OH is 1. The molecule has 1 fully saturated rings. The number of amides is 1. The lowest BCUT2D eigenvalue weighted by Crippen LogP contribution is -2.51. The molecule has 1 saturated heterocycles. The van der Waals surface area contributed by atoms with Crippen LogP contribution in [0.25, 0.3) is 0 Å². The predicted octanol–water partition coefficient (Wildman–Crippen LogP) is 1.54. The van der Waals surface area contributed by atoms with E-state index in [-0.39, 0.29) is 24.7 Å². The highest BCUT2D eigenvalue weighted by Gasteiger charge is 2.29. The van der Waals surface area contributed by atoms with Gasteiger partial charge in [-0.1, -0.05) is 12.1 Å². The molecule has 0 unspecified atom stereocenters. The molecule has 1 aromatic carbocycles. The van der Waals surface area contributed by atoms with Gasteiger partial charge in [0.05, 0.1) is 19.3 Å². The fourth-order valence-corrected chi connectivity index (χ4v) is 2.60. The molecule has 24 heavy (non-hydrogen) atoms. The topological polar surface area (TPSA) is 80.7 Å². The van der Waals surface area contributed by atoms with Crippen molar-refractivity contribution in [3.63, 3.8) is 0 Å². The Morgan fingerprint density at radius 3 is 2.71 bits per heavy atom. The Balaban J connectivity index is 1.65. The van der Waals surface area contributed by atoms with Crippen LogP contribution < -0.4 is 10.1 Å². The molecule has 3 rings (SSSR count). The number of carbonyl (C=O) groups is 1. The predicted molar refractivity (Wildman–Crippen MR) is 87.7 cm³/mol. The Labute approximate surface area is 140 Å². The van der Waals surface area contributed by atoms with Gasteiger partial charge in [0.2, 0.25) is 0 Å². The van der Waals surface area contributed by atoms with Crippen molar-refractivity contribution in [3.05, 3.63) is 59.9 Å². The first-order chi connectivity index (χ1) is 11.8. The molecule has 2 heterocycles. The molecule has 6 heteroatoms. The normalized spacial score (nSPS) is 20.4. The Morgan fingerprint density at radius 1 is 1.25 bits per heavy atom. The van der Waals surface area contributed by atoms with Crippen LogP contribution in [0.1, 0.15) is 22.3 Å². The van der Waals surface area contributed by atoms with Gasteiger partial charge in [0.1, 0.15) is 11.9 Å². The molecule has 1 amide bonds. The van der Waals surface area contributed by atoms with Gasteiger partial charge in [-0.15, -0.1) is 0 Å². The average Bonchev–Trinajstić information content (AvgIpc) is 2.64. The fourth-order valence-electron chi connectivity index (χ4n) is 2.60. The quantitative estimate of drug-likeness (QED) is 0.870. The number of aliphatic hydroxyl groups is 1. The van der Waals surface area contributed by atoms with E-state index in [1.165, 1.54) is 0 Å². The molecular weight excluding hydrogens is 308 g/mol. The standard InChI is InChI=1S/C18H20N2O4/c21-11-13-1-3-15(4-2-13)24-17-12-23-10-7-16(17)20-18(22)14-5-8-19-9-6-14/h1-6,8-9,16-17,21H,7,10-12H2,(H,20,22)/t16-,17-/m1/s1. The van der Waals surface area contributed by atoms with Gasteiger partial charge in [-0.05, 0) is 36.2 Å². The molecule has 0 saturated carbocycles. The van der Waals surface area contributed by atoms with Crippen molar-refractivity contribution in [1.82, 2.24) is 10.3 Å². The van der Waals surface area contributed by atoms with Gasteiger partial charge < -0.3 is 19.9 Å². The molecule has 1 aliphatic heterocycles. The van der Waals surface area contributed by atoms with Crippen LogP contribution in [0, 0.1) is 0 Å². The smallest absolute Gasteiger partial charge is 0.251 e. The number of nitrogens with one attached hydrogen (secondary N) is 1. The summed E-state index contributed by atoms with van der Waals surface area (Å²) >= 11 is 0. The van der Waals surface area contributed by atoms with E-state index in [0.717, 1.165) is 5.56 Å². The van der Waals surface area contributed by atoms with Crippen LogP contribution in [0.4, 0.5) is 0 Å². The number of rotatable bonds is 5. The maximum Gasteiger partial charge on any atom is 0.251 e. The first-order valence-corrected chi connectivity index (χ1v) is 7.91. The summed E-state index contributed by atoms with van der Waals surface area (Å²) in [5.41, 5.74) is 1.40. The molecule has 126 valence electrons. The zero-order chi connectivity index (χ0) is 16.8. The van der Waals surface area contributed by atoms with Gasteiger partial charge in [-0.25, -0.2) is 0 Å². The SMILES string of the molecule is O=C(N[C@@H]1CCOC[C@H]1Oc1ccc(CO)cc1)c1ccncc1. The third kappa shape index (κ3) is 4.10. The van der Waals surface area contributed by atoms with Crippen LogP contribution in [0.2, 0.25) is 0 Å². The van der Waals surface area contributed by atoms with Gasteiger partial charge in [0.25, 0.3) is 5.91 Å². The Morgan fingerprint density at radius 2 is 2.00 bits per heavy atom. The molecule has 0 aliphatic carbocycles. The number of nitrogens with zero attached hydrogens (tertiary/aromatic N) is 1. The number of hydrogen-bond acceptors (Lipinski definition) is 5. The van der Waals surface area contributed by atoms with Gasteiger partial charge in [0.15, 0.2) is 0 Å². The largest absolute Gasteiger partial charge is 0.486 e. The van der Waals surface area contributed by atoms with E-state index in [2.05, 4.69) is 10.3 Å². The van der Waals surface area contributed by atoms with Crippen molar-refractivity contribution in [2.45, 2.75) is 25.2 Å². The third-order valence-electron chi connectivity index (χ3n) is 3.96. The molecule has 0 bridgehead atoms. The summed E-state index contributed by atoms with van der Waals surface area (Å²) in [6, 6.07) is 10.5. The summed E-state index contributed by atoms with van der Waals surface area (Å²) in [5, 5.41) is 12.1.